The van der Waals surface area contributed by atoms with Crippen molar-refractivity contribution < 1.29 is 23.2 Å². The van der Waals surface area contributed by atoms with Crippen LogP contribution in [0.3, 0.4) is 0 Å². The molecule has 1 aromatic rings. The number of nitro benzene ring substituents is 1. The lowest BCUT2D eigenvalue weighted by Crippen LogP contribution is -2.37. The molecule has 1 fully saturated rings. The van der Waals surface area contributed by atoms with E-state index in [1.165, 1.54) is 11.9 Å². The first-order valence-electron chi connectivity index (χ1n) is 5.90. The Morgan fingerprint density at radius 3 is 2.70 bits per heavy atom. The van der Waals surface area contributed by atoms with Crippen LogP contribution in [-0.4, -0.2) is 42.0 Å². The first-order chi connectivity index (χ1) is 9.41. The van der Waals surface area contributed by atoms with Gasteiger partial charge in [-0.1, -0.05) is 0 Å². The smallest absolute Gasteiger partial charge is 0.307 e. The molecule has 2 rings (SSSR count). The van der Waals surface area contributed by atoms with Gasteiger partial charge in [-0.15, -0.1) is 0 Å². The Hall–Kier alpha value is -2.09. The molecule has 0 aromatic heterocycles. The number of halogens is 2. The summed E-state index contributed by atoms with van der Waals surface area (Å²) in [6, 6.07) is 0.768. The maximum atomic E-state index is 13.7. The summed E-state index contributed by atoms with van der Waals surface area (Å²) in [6.07, 6.45) is 0.610. The number of nitrogens with zero attached hydrogens (tertiary/aromatic N) is 2. The van der Waals surface area contributed by atoms with Crippen LogP contribution in [0.4, 0.5) is 14.5 Å². The average molecular weight is 286 g/mol. The van der Waals surface area contributed by atoms with Crippen LogP contribution in [0.25, 0.3) is 0 Å². The largest absolute Gasteiger partial charge is 0.379 e. The fraction of sp³-hybridized carbons (Fsp3) is 0.417. The van der Waals surface area contributed by atoms with Gasteiger partial charge >= 0.3 is 5.69 Å². The van der Waals surface area contributed by atoms with E-state index in [2.05, 4.69) is 0 Å². The molecular formula is C12H12F2N2O4. The second-order valence-corrected chi connectivity index (χ2v) is 4.47. The van der Waals surface area contributed by atoms with Gasteiger partial charge in [-0.25, -0.2) is 4.39 Å². The van der Waals surface area contributed by atoms with Crippen molar-refractivity contribution in [1.82, 2.24) is 4.90 Å². The van der Waals surface area contributed by atoms with Crippen LogP contribution in [0.5, 0.6) is 0 Å². The highest BCUT2D eigenvalue weighted by atomic mass is 19.1. The Morgan fingerprint density at radius 2 is 2.15 bits per heavy atom. The highest BCUT2D eigenvalue weighted by Gasteiger charge is 2.28. The Labute approximate surface area is 113 Å². The van der Waals surface area contributed by atoms with Gasteiger partial charge in [0.05, 0.1) is 29.2 Å². The van der Waals surface area contributed by atoms with E-state index in [1.54, 1.807) is 0 Å². The van der Waals surface area contributed by atoms with Gasteiger partial charge in [0, 0.05) is 13.7 Å². The number of rotatable bonds is 3. The van der Waals surface area contributed by atoms with E-state index >= 15 is 0 Å². The zero-order valence-electron chi connectivity index (χ0n) is 10.6. The van der Waals surface area contributed by atoms with Gasteiger partial charge in [-0.2, -0.15) is 4.39 Å². The molecule has 0 bridgehead atoms. The van der Waals surface area contributed by atoms with E-state index in [0.29, 0.717) is 31.8 Å². The maximum Gasteiger partial charge on any atom is 0.307 e. The molecule has 20 heavy (non-hydrogen) atoms. The first-order valence-corrected chi connectivity index (χ1v) is 5.90. The van der Waals surface area contributed by atoms with Gasteiger partial charge in [-0.3, -0.25) is 14.9 Å². The lowest BCUT2D eigenvalue weighted by atomic mass is 10.1. The van der Waals surface area contributed by atoms with E-state index in [9.17, 15) is 23.7 Å². The molecule has 1 saturated heterocycles. The number of carbonyl (C=O) groups is 1. The summed E-state index contributed by atoms with van der Waals surface area (Å²) in [5.41, 5.74) is -1.52. The summed E-state index contributed by atoms with van der Waals surface area (Å²) < 4.78 is 32.3. The number of benzene rings is 1. The quantitative estimate of drug-likeness (QED) is 0.626. The third kappa shape index (κ3) is 2.60. The molecule has 1 heterocycles. The van der Waals surface area contributed by atoms with E-state index in [0.717, 1.165) is 0 Å². The van der Waals surface area contributed by atoms with Crippen LogP contribution in [0, 0.1) is 21.7 Å². The molecule has 1 atom stereocenters. The number of hydrogen-bond donors (Lipinski definition) is 0. The summed E-state index contributed by atoms with van der Waals surface area (Å²) in [4.78, 5) is 22.8. The highest BCUT2D eigenvalue weighted by Crippen LogP contribution is 2.23. The van der Waals surface area contributed by atoms with Crippen LogP contribution < -0.4 is 0 Å². The van der Waals surface area contributed by atoms with Crippen LogP contribution in [0.1, 0.15) is 16.8 Å². The van der Waals surface area contributed by atoms with E-state index in [-0.39, 0.29) is 6.04 Å². The minimum Gasteiger partial charge on any atom is -0.379 e. The normalized spacial score (nSPS) is 18.1. The third-order valence-corrected chi connectivity index (χ3v) is 3.24. The number of likely N-dealkylation sites (N-methyl/N-ethyl adjacent to an activating group) is 1. The first kappa shape index (κ1) is 14.3. The predicted octanol–water partition coefficient (Wildman–Crippen LogP) is 1.73. The fourth-order valence-corrected chi connectivity index (χ4v) is 2.02. The van der Waals surface area contributed by atoms with E-state index < -0.39 is 33.7 Å². The van der Waals surface area contributed by atoms with E-state index in [1.807, 2.05) is 0 Å². The molecule has 1 aromatic carbocycles. The Morgan fingerprint density at radius 1 is 1.45 bits per heavy atom. The van der Waals surface area contributed by atoms with Gasteiger partial charge < -0.3 is 9.64 Å². The molecule has 1 amide bonds. The van der Waals surface area contributed by atoms with Crippen molar-refractivity contribution in [2.75, 3.05) is 20.3 Å². The Bertz CT molecular complexity index is 559. The Balaban J connectivity index is 2.30. The van der Waals surface area contributed by atoms with Gasteiger partial charge in [0.1, 0.15) is 5.82 Å². The number of amides is 1. The minimum absolute atomic E-state index is 0.208. The molecule has 0 N–H and O–H groups in total. The number of carbonyl (C=O) groups excluding carboxylic acids is 1. The molecule has 0 spiro atoms. The summed E-state index contributed by atoms with van der Waals surface area (Å²) in [5.74, 6) is -3.09. The van der Waals surface area contributed by atoms with Crippen LogP contribution in [0.15, 0.2) is 12.1 Å². The van der Waals surface area contributed by atoms with Crippen molar-refractivity contribution in [2.24, 2.45) is 0 Å². The molecule has 1 unspecified atom stereocenters. The van der Waals surface area contributed by atoms with Gasteiger partial charge in [-0.05, 0) is 12.5 Å². The lowest BCUT2D eigenvalue weighted by Gasteiger charge is -2.23. The second-order valence-electron chi connectivity index (χ2n) is 4.47. The van der Waals surface area contributed by atoms with Crippen molar-refractivity contribution in [3.63, 3.8) is 0 Å². The van der Waals surface area contributed by atoms with Crippen LogP contribution in [0.2, 0.25) is 0 Å². The minimum atomic E-state index is -1.24. The predicted molar refractivity (Wildman–Crippen MR) is 64.3 cm³/mol. The second kappa shape index (κ2) is 5.49. The molecule has 8 heteroatoms. The van der Waals surface area contributed by atoms with Gasteiger partial charge in [0.2, 0.25) is 5.82 Å². The topological polar surface area (TPSA) is 72.7 Å². The molecule has 108 valence electrons. The number of ether oxygens (including phenoxy) is 1. The molecule has 0 aliphatic carbocycles. The number of hydrogen-bond acceptors (Lipinski definition) is 4. The molecular weight excluding hydrogens is 274 g/mol. The average Bonchev–Trinajstić information content (AvgIpc) is 2.93. The summed E-state index contributed by atoms with van der Waals surface area (Å²) >= 11 is 0. The highest BCUT2D eigenvalue weighted by molar-refractivity contribution is 5.94. The SMILES string of the molecule is CN(C(=O)c1cc(F)c([N+](=O)[O-])cc1F)C1CCOC1. The molecule has 0 saturated carbocycles. The number of nitro groups is 1. The van der Waals surface area contributed by atoms with E-state index in [4.69, 9.17) is 4.74 Å². The third-order valence-electron chi connectivity index (χ3n) is 3.24. The lowest BCUT2D eigenvalue weighted by molar-refractivity contribution is -0.387. The van der Waals surface area contributed by atoms with Crippen molar-refractivity contribution in [1.29, 1.82) is 0 Å². The summed E-state index contributed by atoms with van der Waals surface area (Å²) in [5, 5.41) is 10.5. The van der Waals surface area contributed by atoms with Crippen molar-refractivity contribution in [3.8, 4) is 0 Å². The Kier molecular flexibility index (Phi) is 3.93. The van der Waals surface area contributed by atoms with Crippen molar-refractivity contribution in [2.45, 2.75) is 12.5 Å². The summed E-state index contributed by atoms with van der Waals surface area (Å²) in [7, 11) is 1.46. The van der Waals surface area contributed by atoms with Gasteiger partial charge in [0.15, 0.2) is 0 Å². The standard InChI is InChI=1S/C12H12F2N2O4/c1-15(7-2-3-20-6-7)12(17)8-4-10(14)11(16(18)19)5-9(8)13/h4-5,7H,2-3,6H2,1H3. The molecule has 1 aliphatic rings. The molecule has 0 radical (unpaired) electrons. The van der Waals surface area contributed by atoms with Crippen molar-refractivity contribution >= 4 is 11.6 Å². The zero-order valence-corrected chi connectivity index (χ0v) is 10.6. The molecule has 6 nitrogen and oxygen atoms in total. The maximum absolute atomic E-state index is 13.7. The van der Waals surface area contributed by atoms with Crippen molar-refractivity contribution in [3.05, 3.63) is 39.4 Å². The zero-order chi connectivity index (χ0) is 14.9. The van der Waals surface area contributed by atoms with Crippen LogP contribution >= 0.6 is 0 Å². The monoisotopic (exact) mass is 286 g/mol. The summed E-state index contributed by atoms with van der Waals surface area (Å²) in [6.45, 7) is 0.832. The molecule has 1 aliphatic heterocycles. The fourth-order valence-electron chi connectivity index (χ4n) is 2.02. The van der Waals surface area contributed by atoms with Gasteiger partial charge in [0.25, 0.3) is 5.91 Å². The van der Waals surface area contributed by atoms with Crippen LogP contribution in [-0.2, 0) is 4.74 Å².